The predicted molar refractivity (Wildman–Crippen MR) is 51.5 cm³/mol. The molecule has 0 saturated carbocycles. The van der Waals surface area contributed by atoms with Gasteiger partial charge in [-0.3, -0.25) is 4.90 Å². The van der Waals surface area contributed by atoms with Gasteiger partial charge in [-0.05, 0) is 13.0 Å². The highest BCUT2D eigenvalue weighted by molar-refractivity contribution is 7.91. The quantitative estimate of drug-likeness (QED) is 0.600. The van der Waals surface area contributed by atoms with Crippen LogP contribution in [0.4, 0.5) is 0 Å². The van der Waals surface area contributed by atoms with Gasteiger partial charge in [0.25, 0.3) is 0 Å². The average Bonchev–Trinajstić information content (AvgIpc) is 2.09. The van der Waals surface area contributed by atoms with Gasteiger partial charge in [-0.25, -0.2) is 8.42 Å². The number of nitrogens with zero attached hydrogens (tertiary/aromatic N) is 1. The van der Waals surface area contributed by atoms with Gasteiger partial charge in [0.15, 0.2) is 9.84 Å². The van der Waals surface area contributed by atoms with Crippen molar-refractivity contribution in [3.05, 3.63) is 0 Å². The normalized spacial score (nSPS) is 30.8. The molecule has 5 heteroatoms. The maximum atomic E-state index is 11.3. The smallest absolute Gasteiger partial charge is 0.151 e. The van der Waals surface area contributed by atoms with Gasteiger partial charge in [0.1, 0.15) is 0 Å². The van der Waals surface area contributed by atoms with Gasteiger partial charge in [-0.15, -0.1) is 0 Å². The Morgan fingerprint density at radius 3 is 2.54 bits per heavy atom. The zero-order chi connectivity index (χ0) is 9.31. The zero-order valence-electron chi connectivity index (χ0n) is 7.70. The molecule has 0 aromatic heterocycles. The first-order valence-electron chi connectivity index (χ1n) is 4.82. The molecule has 2 heterocycles. The largest absolute Gasteiger partial charge is 0.314 e. The van der Waals surface area contributed by atoms with E-state index in [2.05, 4.69) is 10.2 Å². The molecule has 0 bridgehead atoms. The lowest BCUT2D eigenvalue weighted by Gasteiger charge is -2.37. The first-order valence-corrected chi connectivity index (χ1v) is 6.65. The molecule has 76 valence electrons. The van der Waals surface area contributed by atoms with Crippen LogP contribution in [-0.2, 0) is 9.84 Å². The molecular weight excluding hydrogens is 188 g/mol. The Morgan fingerprint density at radius 2 is 1.92 bits per heavy atom. The number of hydrogen-bond donors (Lipinski definition) is 1. The minimum atomic E-state index is -2.73. The van der Waals surface area contributed by atoms with Gasteiger partial charge in [0.2, 0.25) is 0 Å². The maximum absolute atomic E-state index is 11.3. The van der Waals surface area contributed by atoms with E-state index in [4.69, 9.17) is 0 Å². The molecule has 0 amide bonds. The summed E-state index contributed by atoms with van der Waals surface area (Å²) in [6.07, 6.45) is 0.804. The second kappa shape index (κ2) is 3.55. The molecule has 0 atom stereocenters. The van der Waals surface area contributed by atoms with Crippen LogP contribution in [0.25, 0.3) is 0 Å². The van der Waals surface area contributed by atoms with Crippen molar-refractivity contribution in [2.75, 3.05) is 37.7 Å². The second-order valence-corrected chi connectivity index (χ2v) is 6.16. The molecule has 4 nitrogen and oxygen atoms in total. The fourth-order valence-electron chi connectivity index (χ4n) is 1.85. The summed E-state index contributed by atoms with van der Waals surface area (Å²) in [4.78, 5) is 2.31. The fourth-order valence-corrected chi connectivity index (χ4v) is 3.14. The summed E-state index contributed by atoms with van der Waals surface area (Å²) in [6.45, 7) is 3.74. The van der Waals surface area contributed by atoms with E-state index in [9.17, 15) is 8.42 Å². The lowest BCUT2D eigenvalue weighted by Crippen LogP contribution is -2.57. The zero-order valence-corrected chi connectivity index (χ0v) is 8.52. The molecule has 0 aromatic rings. The summed E-state index contributed by atoms with van der Waals surface area (Å²) in [6, 6.07) is 0.591. The lowest BCUT2D eigenvalue weighted by atomic mass is 10.1. The van der Waals surface area contributed by atoms with Gasteiger partial charge in [0.05, 0.1) is 11.5 Å². The third kappa shape index (κ3) is 2.21. The molecule has 0 radical (unpaired) electrons. The highest BCUT2D eigenvalue weighted by atomic mass is 32.2. The van der Waals surface area contributed by atoms with Crippen molar-refractivity contribution in [3.8, 4) is 0 Å². The summed E-state index contributed by atoms with van der Waals surface area (Å²) in [5, 5.41) is 3.21. The molecule has 0 aromatic carbocycles. The van der Waals surface area contributed by atoms with Crippen LogP contribution in [0.5, 0.6) is 0 Å². The number of nitrogens with one attached hydrogen (secondary N) is 1. The Balaban J connectivity index is 1.93. The van der Waals surface area contributed by atoms with Crippen LogP contribution < -0.4 is 5.32 Å². The van der Waals surface area contributed by atoms with Crippen LogP contribution >= 0.6 is 0 Å². The summed E-state index contributed by atoms with van der Waals surface area (Å²) >= 11 is 0. The summed E-state index contributed by atoms with van der Waals surface area (Å²) in [7, 11) is -2.73. The molecule has 0 aliphatic carbocycles. The molecule has 13 heavy (non-hydrogen) atoms. The van der Waals surface area contributed by atoms with Gasteiger partial charge in [-0.1, -0.05) is 0 Å². The van der Waals surface area contributed by atoms with E-state index in [-0.39, 0.29) is 0 Å². The second-order valence-electron chi connectivity index (χ2n) is 3.85. The van der Waals surface area contributed by atoms with Crippen molar-refractivity contribution >= 4 is 9.84 Å². The summed E-state index contributed by atoms with van der Waals surface area (Å²) in [5.41, 5.74) is 0. The minimum Gasteiger partial charge on any atom is -0.314 e. The SMILES string of the molecule is O=S1(=O)CCCN(C2CNC2)CC1. The van der Waals surface area contributed by atoms with E-state index < -0.39 is 9.84 Å². The Bertz CT molecular complexity index is 272. The van der Waals surface area contributed by atoms with Gasteiger partial charge in [0, 0.05) is 25.7 Å². The van der Waals surface area contributed by atoms with E-state index in [0.717, 1.165) is 32.6 Å². The van der Waals surface area contributed by atoms with Crippen molar-refractivity contribution in [3.63, 3.8) is 0 Å². The molecule has 0 unspecified atom stereocenters. The summed E-state index contributed by atoms with van der Waals surface area (Å²) < 4.78 is 22.6. The fraction of sp³-hybridized carbons (Fsp3) is 1.00. The van der Waals surface area contributed by atoms with E-state index in [0.29, 0.717) is 17.5 Å². The van der Waals surface area contributed by atoms with Gasteiger partial charge < -0.3 is 5.32 Å². The van der Waals surface area contributed by atoms with Crippen molar-refractivity contribution in [1.82, 2.24) is 10.2 Å². The van der Waals surface area contributed by atoms with Crippen LogP contribution in [0, 0.1) is 0 Å². The molecule has 2 rings (SSSR count). The molecule has 2 fully saturated rings. The van der Waals surface area contributed by atoms with Crippen molar-refractivity contribution in [2.45, 2.75) is 12.5 Å². The van der Waals surface area contributed by atoms with Crippen LogP contribution in [0.1, 0.15) is 6.42 Å². The molecule has 2 saturated heterocycles. The van der Waals surface area contributed by atoms with E-state index in [1.165, 1.54) is 0 Å². The summed E-state index contributed by atoms with van der Waals surface area (Å²) in [5.74, 6) is 0.729. The molecule has 0 spiro atoms. The van der Waals surface area contributed by atoms with Crippen LogP contribution in [0.3, 0.4) is 0 Å². The lowest BCUT2D eigenvalue weighted by molar-refractivity contribution is 0.157. The number of sulfone groups is 1. The average molecular weight is 204 g/mol. The molecule has 2 aliphatic heterocycles. The standard InChI is InChI=1S/C8H16N2O2S/c11-13(12)4-1-2-10(3-5-13)8-6-9-7-8/h8-9H,1-7H2. The monoisotopic (exact) mass is 204 g/mol. The topological polar surface area (TPSA) is 49.4 Å². The predicted octanol–water partition coefficient (Wildman–Crippen LogP) is -0.921. The van der Waals surface area contributed by atoms with Crippen LogP contribution in [0.15, 0.2) is 0 Å². The van der Waals surface area contributed by atoms with Gasteiger partial charge in [-0.2, -0.15) is 0 Å². The van der Waals surface area contributed by atoms with Crippen molar-refractivity contribution < 1.29 is 8.42 Å². The Morgan fingerprint density at radius 1 is 1.15 bits per heavy atom. The first-order chi connectivity index (χ1) is 6.17. The van der Waals surface area contributed by atoms with Gasteiger partial charge >= 0.3 is 0 Å². The number of rotatable bonds is 1. The third-order valence-corrected chi connectivity index (χ3v) is 4.58. The Labute approximate surface area is 79.2 Å². The van der Waals surface area contributed by atoms with Crippen LogP contribution in [0.2, 0.25) is 0 Å². The van der Waals surface area contributed by atoms with Crippen molar-refractivity contribution in [1.29, 1.82) is 0 Å². The molecular formula is C8H16N2O2S. The highest BCUT2D eigenvalue weighted by Gasteiger charge is 2.27. The van der Waals surface area contributed by atoms with E-state index in [1.54, 1.807) is 0 Å². The van der Waals surface area contributed by atoms with E-state index in [1.807, 2.05) is 0 Å². The third-order valence-electron chi connectivity index (χ3n) is 2.87. The maximum Gasteiger partial charge on any atom is 0.151 e. The first kappa shape index (κ1) is 9.43. The molecule has 2 aliphatic rings. The number of hydrogen-bond acceptors (Lipinski definition) is 4. The minimum absolute atomic E-state index is 0.351. The Kier molecular flexibility index (Phi) is 2.58. The molecule has 1 N–H and O–H groups in total. The van der Waals surface area contributed by atoms with Crippen LogP contribution in [-0.4, -0.2) is 57.0 Å². The van der Waals surface area contributed by atoms with E-state index >= 15 is 0 Å². The highest BCUT2D eigenvalue weighted by Crippen LogP contribution is 2.10. The van der Waals surface area contributed by atoms with Crippen molar-refractivity contribution in [2.24, 2.45) is 0 Å². The Hall–Kier alpha value is -0.130.